The Balaban J connectivity index is 1.33. The van der Waals surface area contributed by atoms with Gasteiger partial charge in [0.2, 0.25) is 5.76 Å². The van der Waals surface area contributed by atoms with Crippen LogP contribution in [0, 0.1) is 5.82 Å². The molecule has 0 N–H and O–H groups in total. The first kappa shape index (κ1) is 25.5. The van der Waals surface area contributed by atoms with E-state index in [4.69, 9.17) is 27.6 Å². The molecule has 1 aliphatic heterocycles. The van der Waals surface area contributed by atoms with Crippen LogP contribution in [0.25, 0.3) is 11.3 Å². The largest absolute Gasteiger partial charge is 0.438 e. The molecule has 1 aromatic heterocycles. The summed E-state index contributed by atoms with van der Waals surface area (Å²) in [6, 6.07) is 11.6. The summed E-state index contributed by atoms with van der Waals surface area (Å²) in [5, 5.41) is 1.17. The molecule has 4 rings (SSSR count). The zero-order chi connectivity index (χ0) is 24.9. The number of piperazine rings is 1. The van der Waals surface area contributed by atoms with Crippen molar-refractivity contribution in [1.82, 2.24) is 14.8 Å². The van der Waals surface area contributed by atoms with E-state index in [1.54, 1.807) is 23.1 Å². The zero-order valence-corrected chi connectivity index (χ0v) is 21.4. The minimum atomic E-state index is -0.342. The molecule has 9 heteroatoms. The van der Waals surface area contributed by atoms with Gasteiger partial charge < -0.3 is 14.2 Å². The molecule has 2 aromatic carbocycles. The van der Waals surface area contributed by atoms with Gasteiger partial charge >= 0.3 is 0 Å². The van der Waals surface area contributed by atoms with E-state index in [0.29, 0.717) is 27.8 Å². The normalized spacial score (nSPS) is 14.5. The molecule has 1 aliphatic rings. The fourth-order valence-corrected chi connectivity index (χ4v) is 4.76. The lowest BCUT2D eigenvalue weighted by molar-refractivity contribution is 0.0664. The third-order valence-corrected chi connectivity index (χ3v) is 7.09. The second kappa shape index (κ2) is 11.4. The van der Waals surface area contributed by atoms with Gasteiger partial charge in [-0.25, -0.2) is 9.37 Å². The van der Waals surface area contributed by atoms with E-state index < -0.39 is 0 Å². The molecule has 3 aromatic rings. The van der Waals surface area contributed by atoms with E-state index in [2.05, 4.69) is 14.8 Å². The van der Waals surface area contributed by atoms with Gasteiger partial charge in [0.1, 0.15) is 11.5 Å². The zero-order valence-electron chi connectivity index (χ0n) is 19.9. The molecule has 1 saturated heterocycles. The van der Waals surface area contributed by atoms with Crippen LogP contribution in [0.2, 0.25) is 10.0 Å². The number of rotatable bonds is 8. The number of hydrogen-bond donors (Lipinski definition) is 0. The molecular weight excluding hydrogens is 490 g/mol. The van der Waals surface area contributed by atoms with Crippen molar-refractivity contribution in [2.45, 2.75) is 26.3 Å². The second-order valence-electron chi connectivity index (χ2n) is 8.88. The van der Waals surface area contributed by atoms with Crippen molar-refractivity contribution >= 4 is 34.8 Å². The molecule has 0 unspecified atom stereocenters. The third-order valence-electron chi connectivity index (χ3n) is 6.28. The molecular formula is C26H29Cl2FN4O2. The van der Waals surface area contributed by atoms with E-state index in [0.717, 1.165) is 44.8 Å². The van der Waals surface area contributed by atoms with Crippen molar-refractivity contribution in [2.24, 2.45) is 0 Å². The molecule has 0 radical (unpaired) electrons. The highest BCUT2D eigenvalue weighted by atomic mass is 35.5. The predicted octanol–water partition coefficient (Wildman–Crippen LogP) is 5.85. The topological polar surface area (TPSA) is 52.8 Å². The fourth-order valence-electron chi connectivity index (χ4n) is 4.35. The first-order valence-corrected chi connectivity index (χ1v) is 12.5. The maximum Gasteiger partial charge on any atom is 0.292 e. The number of halogens is 3. The minimum Gasteiger partial charge on any atom is -0.438 e. The van der Waals surface area contributed by atoms with Gasteiger partial charge in [0.25, 0.3) is 5.91 Å². The SMILES string of the molecule is CC(C)N(CCCN1CCN(c2cccc(Cl)c2Cl)CC1)C(=O)c1ocnc1-c1ccc(F)cc1. The van der Waals surface area contributed by atoms with Crippen molar-refractivity contribution < 1.29 is 13.6 Å². The van der Waals surface area contributed by atoms with E-state index in [1.165, 1.54) is 18.5 Å². The van der Waals surface area contributed by atoms with E-state index in [-0.39, 0.29) is 23.5 Å². The highest BCUT2D eigenvalue weighted by Gasteiger charge is 2.26. The molecule has 0 spiro atoms. The summed E-state index contributed by atoms with van der Waals surface area (Å²) < 4.78 is 18.8. The summed E-state index contributed by atoms with van der Waals surface area (Å²) in [7, 11) is 0. The van der Waals surface area contributed by atoms with Crippen LogP contribution in [-0.2, 0) is 0 Å². The van der Waals surface area contributed by atoms with Crippen molar-refractivity contribution in [3.05, 3.63) is 70.5 Å². The summed E-state index contributed by atoms with van der Waals surface area (Å²) in [6.45, 7) is 9.01. The number of benzene rings is 2. The van der Waals surface area contributed by atoms with Crippen LogP contribution >= 0.6 is 23.2 Å². The Kier molecular flexibility index (Phi) is 8.31. The van der Waals surface area contributed by atoms with Crippen molar-refractivity contribution in [2.75, 3.05) is 44.2 Å². The molecule has 0 saturated carbocycles. The molecule has 0 bridgehead atoms. The van der Waals surface area contributed by atoms with Crippen LogP contribution in [0.3, 0.4) is 0 Å². The van der Waals surface area contributed by atoms with Crippen LogP contribution in [0.4, 0.5) is 10.1 Å². The molecule has 35 heavy (non-hydrogen) atoms. The summed E-state index contributed by atoms with van der Waals surface area (Å²) in [6.07, 6.45) is 2.10. The monoisotopic (exact) mass is 518 g/mol. The van der Waals surface area contributed by atoms with Gasteiger partial charge in [-0.3, -0.25) is 9.69 Å². The Hall–Kier alpha value is -2.61. The number of aromatic nitrogens is 1. The quantitative estimate of drug-likeness (QED) is 0.374. The number of carbonyl (C=O) groups excluding carboxylic acids is 1. The number of oxazole rings is 1. The van der Waals surface area contributed by atoms with Crippen LogP contribution < -0.4 is 4.90 Å². The lowest BCUT2D eigenvalue weighted by atomic mass is 10.1. The van der Waals surface area contributed by atoms with E-state index >= 15 is 0 Å². The van der Waals surface area contributed by atoms with Crippen LogP contribution in [0.5, 0.6) is 0 Å². The van der Waals surface area contributed by atoms with Crippen molar-refractivity contribution in [1.29, 1.82) is 0 Å². The van der Waals surface area contributed by atoms with Crippen LogP contribution in [0.1, 0.15) is 30.8 Å². The van der Waals surface area contributed by atoms with E-state index in [9.17, 15) is 9.18 Å². The molecule has 2 heterocycles. The number of anilines is 1. The summed E-state index contributed by atoms with van der Waals surface area (Å²) >= 11 is 12.6. The van der Waals surface area contributed by atoms with Crippen LogP contribution in [-0.4, -0.2) is 66.0 Å². The second-order valence-corrected chi connectivity index (χ2v) is 9.67. The van der Waals surface area contributed by atoms with Crippen LogP contribution in [0.15, 0.2) is 53.3 Å². The lowest BCUT2D eigenvalue weighted by Gasteiger charge is -2.37. The number of hydrogen-bond acceptors (Lipinski definition) is 5. The maximum absolute atomic E-state index is 13.3. The number of carbonyl (C=O) groups is 1. The average molecular weight is 519 g/mol. The Bertz CT molecular complexity index is 1140. The Labute approximate surface area is 215 Å². The van der Waals surface area contributed by atoms with Crippen molar-refractivity contribution in [3.63, 3.8) is 0 Å². The predicted molar refractivity (Wildman–Crippen MR) is 138 cm³/mol. The molecule has 1 fully saturated rings. The van der Waals surface area contributed by atoms with Gasteiger partial charge in [0.15, 0.2) is 6.39 Å². The van der Waals surface area contributed by atoms with Gasteiger partial charge in [-0.15, -0.1) is 0 Å². The summed E-state index contributed by atoms with van der Waals surface area (Å²) in [4.78, 5) is 24.0. The van der Waals surface area contributed by atoms with Gasteiger partial charge in [-0.2, -0.15) is 0 Å². The smallest absolute Gasteiger partial charge is 0.292 e. The molecule has 1 amide bonds. The Morgan fingerprint density at radius 2 is 1.83 bits per heavy atom. The number of nitrogens with zero attached hydrogens (tertiary/aromatic N) is 4. The average Bonchev–Trinajstić information content (AvgIpc) is 3.34. The molecule has 0 atom stereocenters. The van der Waals surface area contributed by atoms with E-state index in [1.807, 2.05) is 26.0 Å². The summed E-state index contributed by atoms with van der Waals surface area (Å²) in [5.74, 6) is -0.375. The van der Waals surface area contributed by atoms with Gasteiger partial charge in [0.05, 0.1) is 15.7 Å². The lowest BCUT2D eigenvalue weighted by Crippen LogP contribution is -2.47. The molecule has 6 nitrogen and oxygen atoms in total. The maximum atomic E-state index is 13.3. The highest BCUT2D eigenvalue weighted by Crippen LogP contribution is 2.33. The Morgan fingerprint density at radius 3 is 2.51 bits per heavy atom. The van der Waals surface area contributed by atoms with Gasteiger partial charge in [-0.1, -0.05) is 29.3 Å². The van der Waals surface area contributed by atoms with Crippen molar-refractivity contribution in [3.8, 4) is 11.3 Å². The minimum absolute atomic E-state index is 0.00418. The first-order chi connectivity index (χ1) is 16.8. The summed E-state index contributed by atoms with van der Waals surface area (Å²) in [5.41, 5.74) is 2.04. The molecule has 0 aliphatic carbocycles. The highest BCUT2D eigenvalue weighted by molar-refractivity contribution is 6.43. The van der Waals surface area contributed by atoms with Gasteiger partial charge in [-0.05, 0) is 63.2 Å². The third kappa shape index (κ3) is 5.97. The standard InChI is InChI=1S/C26H29Cl2FN4O2/c1-18(2)33(26(34)25-24(30-17-35-25)19-7-9-20(29)10-8-19)12-4-11-31-13-15-32(16-14-31)22-6-3-5-21(27)23(22)28/h3,5-10,17-18H,4,11-16H2,1-2H3. The fraction of sp³-hybridized carbons (Fsp3) is 0.385. The number of amides is 1. The first-order valence-electron chi connectivity index (χ1n) is 11.8. The Morgan fingerprint density at radius 1 is 1.11 bits per heavy atom. The molecule has 186 valence electrons. The van der Waals surface area contributed by atoms with Gasteiger partial charge in [0, 0.05) is 44.3 Å².